The molecule has 0 unspecified atom stereocenters. The van der Waals surface area contributed by atoms with E-state index < -0.39 is 0 Å². The van der Waals surface area contributed by atoms with Crippen LogP contribution < -0.4 is 11.1 Å². The van der Waals surface area contributed by atoms with Gasteiger partial charge in [0.15, 0.2) is 5.82 Å². The van der Waals surface area contributed by atoms with Crippen molar-refractivity contribution in [3.8, 4) is 0 Å². The monoisotopic (exact) mass is 267 g/mol. The lowest BCUT2D eigenvalue weighted by molar-refractivity contribution is 0.947. The summed E-state index contributed by atoms with van der Waals surface area (Å²) >= 11 is 0. The van der Waals surface area contributed by atoms with Crippen molar-refractivity contribution >= 4 is 22.5 Å². The van der Waals surface area contributed by atoms with Crippen LogP contribution in [0.15, 0.2) is 36.8 Å². The molecule has 0 aliphatic carbocycles. The summed E-state index contributed by atoms with van der Waals surface area (Å²) in [5, 5.41) is 3.34. The van der Waals surface area contributed by atoms with E-state index in [1.165, 1.54) is 5.56 Å². The number of nitrogen functional groups attached to an aromatic ring is 1. The first kappa shape index (κ1) is 12.5. The molecule has 0 aliphatic rings. The summed E-state index contributed by atoms with van der Waals surface area (Å²) in [6.45, 7) is 2.71. The molecular weight excluding hydrogens is 250 g/mol. The van der Waals surface area contributed by atoms with Gasteiger partial charge in [0, 0.05) is 25.5 Å². The Morgan fingerprint density at radius 1 is 1.25 bits per heavy atom. The average Bonchev–Trinajstić information content (AvgIpc) is 2.83. The SMILES string of the molecule is Cc1c(N)cccc1CNc1nccc2c1ncn2C. The van der Waals surface area contributed by atoms with Gasteiger partial charge in [0.2, 0.25) is 0 Å². The summed E-state index contributed by atoms with van der Waals surface area (Å²) in [4.78, 5) is 8.75. The van der Waals surface area contributed by atoms with E-state index in [1.54, 1.807) is 12.5 Å². The smallest absolute Gasteiger partial charge is 0.154 e. The Morgan fingerprint density at radius 2 is 2.10 bits per heavy atom. The van der Waals surface area contributed by atoms with Crippen molar-refractivity contribution in [1.29, 1.82) is 0 Å². The van der Waals surface area contributed by atoms with E-state index in [0.717, 1.165) is 28.1 Å². The Bertz CT molecular complexity index is 760. The summed E-state index contributed by atoms with van der Waals surface area (Å²) in [6, 6.07) is 7.90. The van der Waals surface area contributed by atoms with Gasteiger partial charge in [0.1, 0.15) is 5.52 Å². The van der Waals surface area contributed by atoms with E-state index in [0.29, 0.717) is 6.54 Å². The number of nitrogens with one attached hydrogen (secondary N) is 1. The number of benzene rings is 1. The number of nitrogens with two attached hydrogens (primary N) is 1. The van der Waals surface area contributed by atoms with Gasteiger partial charge in [-0.2, -0.15) is 0 Å². The van der Waals surface area contributed by atoms with Gasteiger partial charge in [0.25, 0.3) is 0 Å². The fourth-order valence-corrected chi connectivity index (χ4v) is 2.27. The molecule has 0 saturated heterocycles. The third-order valence-electron chi connectivity index (χ3n) is 3.58. The minimum absolute atomic E-state index is 0.680. The fourth-order valence-electron chi connectivity index (χ4n) is 2.27. The number of hydrogen-bond acceptors (Lipinski definition) is 4. The summed E-state index contributed by atoms with van der Waals surface area (Å²) in [5.74, 6) is 0.796. The van der Waals surface area contributed by atoms with E-state index in [1.807, 2.05) is 36.7 Å². The number of aryl methyl sites for hydroxylation is 1. The van der Waals surface area contributed by atoms with E-state index in [4.69, 9.17) is 5.73 Å². The van der Waals surface area contributed by atoms with Gasteiger partial charge in [-0.05, 0) is 30.2 Å². The van der Waals surface area contributed by atoms with Crippen molar-refractivity contribution in [2.45, 2.75) is 13.5 Å². The molecule has 0 aliphatic heterocycles. The predicted octanol–water partition coefficient (Wildman–Crippen LogP) is 2.47. The normalized spacial score (nSPS) is 10.9. The number of hydrogen-bond donors (Lipinski definition) is 2. The molecule has 20 heavy (non-hydrogen) atoms. The first-order valence-electron chi connectivity index (χ1n) is 6.50. The lowest BCUT2D eigenvalue weighted by Gasteiger charge is -2.10. The highest BCUT2D eigenvalue weighted by atomic mass is 15.1. The zero-order chi connectivity index (χ0) is 14.1. The van der Waals surface area contributed by atoms with Crippen molar-refractivity contribution in [2.24, 2.45) is 7.05 Å². The first-order valence-corrected chi connectivity index (χ1v) is 6.50. The molecule has 0 amide bonds. The summed E-state index contributed by atoms with van der Waals surface area (Å²) in [7, 11) is 1.97. The van der Waals surface area contributed by atoms with Crippen LogP contribution in [0.25, 0.3) is 11.0 Å². The second-order valence-corrected chi connectivity index (χ2v) is 4.87. The molecule has 3 N–H and O–H groups in total. The Kier molecular flexibility index (Phi) is 3.02. The third-order valence-corrected chi connectivity index (χ3v) is 3.58. The molecule has 5 nitrogen and oxygen atoms in total. The lowest BCUT2D eigenvalue weighted by atomic mass is 10.1. The minimum atomic E-state index is 0.680. The molecule has 2 heterocycles. The van der Waals surface area contributed by atoms with Crippen LogP contribution in [0, 0.1) is 6.92 Å². The molecule has 1 aromatic carbocycles. The summed E-state index contributed by atoms with van der Waals surface area (Å²) < 4.78 is 1.98. The van der Waals surface area contributed by atoms with Crippen molar-refractivity contribution in [3.63, 3.8) is 0 Å². The standard InChI is InChI=1S/C15H17N5/c1-10-11(4-3-5-12(10)16)8-18-15-14-13(6-7-17-15)20(2)9-19-14/h3-7,9H,8,16H2,1-2H3,(H,17,18). The number of pyridine rings is 1. The summed E-state index contributed by atoms with van der Waals surface area (Å²) in [6.07, 6.45) is 3.59. The first-order chi connectivity index (χ1) is 9.66. The van der Waals surface area contributed by atoms with Crippen molar-refractivity contribution in [1.82, 2.24) is 14.5 Å². The van der Waals surface area contributed by atoms with E-state index in [-0.39, 0.29) is 0 Å². The largest absolute Gasteiger partial charge is 0.399 e. The Balaban J connectivity index is 1.89. The number of aromatic nitrogens is 3. The van der Waals surface area contributed by atoms with Gasteiger partial charge in [-0.1, -0.05) is 12.1 Å². The van der Waals surface area contributed by atoms with Gasteiger partial charge < -0.3 is 15.6 Å². The highest BCUT2D eigenvalue weighted by molar-refractivity contribution is 5.85. The quantitative estimate of drug-likeness (QED) is 0.715. The molecule has 0 radical (unpaired) electrons. The van der Waals surface area contributed by atoms with E-state index in [9.17, 15) is 0 Å². The number of imidazole rings is 1. The van der Waals surface area contributed by atoms with Crippen molar-refractivity contribution < 1.29 is 0 Å². The fraction of sp³-hybridized carbons (Fsp3) is 0.200. The van der Waals surface area contributed by atoms with Gasteiger partial charge >= 0.3 is 0 Å². The van der Waals surface area contributed by atoms with Crippen LogP contribution in [0.2, 0.25) is 0 Å². The predicted molar refractivity (Wildman–Crippen MR) is 81.4 cm³/mol. The van der Waals surface area contributed by atoms with Gasteiger partial charge in [-0.25, -0.2) is 9.97 Å². The van der Waals surface area contributed by atoms with Crippen LogP contribution in [0.5, 0.6) is 0 Å². The highest BCUT2D eigenvalue weighted by Gasteiger charge is 2.07. The molecule has 3 rings (SSSR count). The zero-order valence-corrected chi connectivity index (χ0v) is 11.6. The van der Waals surface area contributed by atoms with Gasteiger partial charge in [-0.15, -0.1) is 0 Å². The van der Waals surface area contributed by atoms with E-state index in [2.05, 4.69) is 21.4 Å². The molecule has 5 heteroatoms. The van der Waals surface area contributed by atoms with Crippen molar-refractivity contribution in [3.05, 3.63) is 47.9 Å². The van der Waals surface area contributed by atoms with Crippen LogP contribution in [0.1, 0.15) is 11.1 Å². The molecule has 0 saturated carbocycles. The zero-order valence-electron chi connectivity index (χ0n) is 11.6. The maximum atomic E-state index is 5.92. The Labute approximate surface area is 117 Å². The number of anilines is 2. The second-order valence-electron chi connectivity index (χ2n) is 4.87. The Hall–Kier alpha value is -2.56. The molecule has 2 aromatic heterocycles. The van der Waals surface area contributed by atoms with Crippen molar-refractivity contribution in [2.75, 3.05) is 11.1 Å². The van der Waals surface area contributed by atoms with Crippen LogP contribution >= 0.6 is 0 Å². The molecular formula is C15H17N5. The maximum Gasteiger partial charge on any atom is 0.154 e. The van der Waals surface area contributed by atoms with E-state index >= 15 is 0 Å². The van der Waals surface area contributed by atoms with Gasteiger partial charge in [0.05, 0.1) is 11.8 Å². The molecule has 102 valence electrons. The van der Waals surface area contributed by atoms with Crippen LogP contribution in [-0.4, -0.2) is 14.5 Å². The third kappa shape index (κ3) is 2.07. The minimum Gasteiger partial charge on any atom is -0.399 e. The van der Waals surface area contributed by atoms with Crippen LogP contribution in [0.3, 0.4) is 0 Å². The summed E-state index contributed by atoms with van der Waals surface area (Å²) in [5.41, 5.74) is 11.0. The van der Waals surface area contributed by atoms with Crippen LogP contribution in [0.4, 0.5) is 11.5 Å². The highest BCUT2D eigenvalue weighted by Crippen LogP contribution is 2.21. The lowest BCUT2D eigenvalue weighted by Crippen LogP contribution is -2.05. The number of fused-ring (bicyclic) bond motifs is 1. The van der Waals surface area contributed by atoms with Gasteiger partial charge in [-0.3, -0.25) is 0 Å². The van der Waals surface area contributed by atoms with Crippen LogP contribution in [-0.2, 0) is 13.6 Å². The molecule has 3 aromatic rings. The second kappa shape index (κ2) is 4.85. The number of nitrogens with zero attached hydrogens (tertiary/aromatic N) is 3. The molecule has 0 fully saturated rings. The molecule has 0 spiro atoms. The average molecular weight is 267 g/mol. The topological polar surface area (TPSA) is 68.8 Å². The molecule has 0 atom stereocenters. The number of rotatable bonds is 3. The molecule has 0 bridgehead atoms. The maximum absolute atomic E-state index is 5.92. The Morgan fingerprint density at radius 3 is 2.95 bits per heavy atom.